The van der Waals surface area contributed by atoms with Gasteiger partial charge in [0.25, 0.3) is 0 Å². The maximum absolute atomic E-state index is 5.27. The van der Waals surface area contributed by atoms with Crippen molar-refractivity contribution in [2.45, 2.75) is 6.92 Å². The van der Waals surface area contributed by atoms with Gasteiger partial charge in [-0.15, -0.1) is 0 Å². The highest BCUT2D eigenvalue weighted by Gasteiger charge is 2.14. The normalized spacial score (nSPS) is 10.9. The molecule has 0 amide bonds. The van der Waals surface area contributed by atoms with E-state index in [-0.39, 0.29) is 0 Å². The summed E-state index contributed by atoms with van der Waals surface area (Å²) in [5.74, 6) is 0.658. The van der Waals surface area contributed by atoms with E-state index in [0.717, 1.165) is 15.4 Å². The second kappa shape index (κ2) is 4.50. The van der Waals surface area contributed by atoms with Crippen LogP contribution in [0.1, 0.15) is 5.69 Å². The molecule has 0 spiro atoms. The number of ether oxygens (including phenoxy) is 1. The maximum Gasteiger partial charge on any atom is 0.239 e. The molecule has 0 atom stereocenters. The minimum absolute atomic E-state index is 0.658. The fourth-order valence-electron chi connectivity index (χ4n) is 1.49. The van der Waals surface area contributed by atoms with E-state index in [9.17, 15) is 0 Å². The number of fused-ring (bicyclic) bond motifs is 1. The van der Waals surface area contributed by atoms with Crippen molar-refractivity contribution in [1.29, 1.82) is 0 Å². The van der Waals surface area contributed by atoms with Crippen molar-refractivity contribution >= 4 is 57.2 Å². The number of hydrogen-bond donors (Lipinski definition) is 0. The molecule has 0 aliphatic carbocycles. The molecule has 0 radical (unpaired) electrons. The number of aromatic nitrogens is 2. The third-order valence-corrected chi connectivity index (χ3v) is 4.57. The second-order valence-corrected chi connectivity index (χ2v) is 5.57. The van der Waals surface area contributed by atoms with E-state index in [1.54, 1.807) is 22.4 Å². The second-order valence-electron chi connectivity index (χ2n) is 3.03. The van der Waals surface area contributed by atoms with Crippen LogP contribution in [0.2, 0.25) is 0 Å². The summed E-state index contributed by atoms with van der Waals surface area (Å²) in [6, 6.07) is 2.12. The predicted molar refractivity (Wildman–Crippen MR) is 75.7 cm³/mol. The molecule has 3 nitrogen and oxygen atoms in total. The molecule has 0 N–H and O–H groups in total. The lowest BCUT2D eigenvalue weighted by Gasteiger charge is -2.05. The van der Waals surface area contributed by atoms with E-state index in [2.05, 4.69) is 59.1 Å². The minimum atomic E-state index is 0.658. The van der Waals surface area contributed by atoms with Crippen molar-refractivity contribution in [3.63, 3.8) is 0 Å². The van der Waals surface area contributed by atoms with Crippen LogP contribution in [-0.4, -0.2) is 16.1 Å². The summed E-state index contributed by atoms with van der Waals surface area (Å²) in [5, 5.41) is 1.13. The Morgan fingerprint density at radius 1 is 1.60 bits per heavy atom. The summed E-state index contributed by atoms with van der Waals surface area (Å²) < 4.78 is 8.36. The first-order valence-corrected chi connectivity index (χ1v) is 8.29. The van der Waals surface area contributed by atoms with Crippen LogP contribution in [-0.2, 0) is 0 Å². The molecule has 0 aliphatic heterocycles. The third kappa shape index (κ3) is 1.87. The highest BCUT2D eigenvalue weighted by Crippen LogP contribution is 2.36. The fourth-order valence-corrected chi connectivity index (χ4v) is 3.82. The topological polar surface area (TPSA) is 27.1 Å². The van der Waals surface area contributed by atoms with Gasteiger partial charge in [0, 0.05) is 52.1 Å². The molecule has 2 aromatic rings. The summed E-state index contributed by atoms with van der Waals surface area (Å²) in [6.07, 6.45) is 1.77. The first-order valence-electron chi connectivity index (χ1n) is 4.18. The molecule has 15 heavy (non-hydrogen) atoms. The summed E-state index contributed by atoms with van der Waals surface area (Å²) in [5.41, 5.74) is 2.19. The van der Waals surface area contributed by atoms with E-state index in [0.29, 0.717) is 5.88 Å². The van der Waals surface area contributed by atoms with Crippen LogP contribution in [0.3, 0.4) is 0 Å². The van der Waals surface area contributed by atoms with Crippen LogP contribution in [0.5, 0.6) is 5.88 Å². The Morgan fingerprint density at radius 3 is 2.93 bits per heavy atom. The summed E-state index contributed by atoms with van der Waals surface area (Å²) in [7, 11) is 3.25. The van der Waals surface area contributed by atoms with E-state index in [1.165, 1.54) is 5.69 Å². The van der Waals surface area contributed by atoms with E-state index < -0.39 is 0 Å². The quantitative estimate of drug-likeness (QED) is 0.716. The van der Waals surface area contributed by atoms with Crippen molar-refractivity contribution in [3.8, 4) is 5.88 Å². The highest BCUT2D eigenvalue weighted by molar-refractivity contribution is 14.2. The molecule has 2 heterocycles. The Kier molecular flexibility index (Phi) is 3.46. The zero-order valence-corrected chi connectivity index (χ0v) is 12.7. The lowest BCUT2D eigenvalue weighted by Crippen LogP contribution is -1.93. The molecule has 2 aromatic heterocycles. The lowest BCUT2D eigenvalue weighted by atomic mass is 10.3. The molecule has 0 unspecified atom stereocenters. The van der Waals surface area contributed by atoms with Gasteiger partial charge in [-0.1, -0.05) is 0 Å². The van der Waals surface area contributed by atoms with Gasteiger partial charge in [0.05, 0.1) is 7.11 Å². The van der Waals surface area contributed by atoms with Crippen molar-refractivity contribution in [3.05, 3.63) is 22.4 Å². The number of aryl methyl sites for hydroxylation is 1. The molecule has 0 saturated carbocycles. The largest absolute Gasteiger partial charge is 0.479 e. The van der Waals surface area contributed by atoms with Crippen molar-refractivity contribution in [2.75, 3.05) is 7.11 Å². The molecule has 80 valence electrons. The molecule has 0 saturated heterocycles. The fraction of sp³-hybridized carbons (Fsp3) is 0.222. The van der Waals surface area contributed by atoms with Gasteiger partial charge in [-0.25, -0.2) is 4.98 Å². The summed E-state index contributed by atoms with van der Waals surface area (Å²) >= 11 is 5.74. The molecule has 0 bridgehead atoms. The van der Waals surface area contributed by atoms with Crippen LogP contribution in [0, 0.1) is 6.92 Å². The Hall–Kier alpha value is 0.0500. The van der Waals surface area contributed by atoms with Gasteiger partial charge in [-0.2, -0.15) is 0 Å². The smallest absolute Gasteiger partial charge is 0.239 e. The van der Waals surface area contributed by atoms with Gasteiger partial charge in [0.1, 0.15) is 5.52 Å². The zero-order chi connectivity index (χ0) is 11.0. The first-order chi connectivity index (χ1) is 7.19. The number of halogens is 2. The highest BCUT2D eigenvalue weighted by atomic mass is 127. The van der Waals surface area contributed by atoms with Gasteiger partial charge in [-0.05, 0) is 28.9 Å². The van der Waals surface area contributed by atoms with Crippen LogP contribution in [0.4, 0.5) is 0 Å². The molecule has 0 aromatic carbocycles. The van der Waals surface area contributed by atoms with Gasteiger partial charge < -0.3 is 4.74 Å². The molecule has 0 aliphatic rings. The lowest BCUT2D eigenvalue weighted by molar-refractivity contribution is 0.402. The van der Waals surface area contributed by atoms with Gasteiger partial charge >= 0.3 is 0 Å². The number of methoxy groups -OCH3 is 1. The number of hydrogen-bond acceptors (Lipinski definition) is 3. The molecular formula is C9H8BrIN2OS. The van der Waals surface area contributed by atoms with Crippen molar-refractivity contribution in [1.82, 2.24) is 8.96 Å². The van der Waals surface area contributed by atoms with Crippen LogP contribution >= 0.6 is 46.3 Å². The summed E-state index contributed by atoms with van der Waals surface area (Å²) in [4.78, 5) is 4.24. The predicted octanol–water partition coefficient (Wildman–Crippen LogP) is 3.96. The van der Waals surface area contributed by atoms with Crippen molar-refractivity contribution in [2.24, 2.45) is 0 Å². The average molecular weight is 399 g/mol. The monoisotopic (exact) mass is 398 g/mol. The van der Waals surface area contributed by atoms with E-state index in [4.69, 9.17) is 4.74 Å². The molecule has 0 fully saturated rings. The molecular weight excluding hydrogens is 391 g/mol. The third-order valence-electron chi connectivity index (χ3n) is 2.15. The average Bonchev–Trinajstić information content (AvgIpc) is 2.56. The van der Waals surface area contributed by atoms with Crippen LogP contribution in [0.25, 0.3) is 10.9 Å². The summed E-state index contributed by atoms with van der Waals surface area (Å²) in [6.45, 7) is 2.07. The Balaban J connectivity index is 2.88. The first kappa shape index (κ1) is 11.5. The number of pyridine rings is 1. The van der Waals surface area contributed by atoms with E-state index >= 15 is 0 Å². The van der Waals surface area contributed by atoms with Crippen LogP contribution < -0.4 is 4.74 Å². The maximum atomic E-state index is 5.27. The minimum Gasteiger partial charge on any atom is -0.479 e. The molecule has 2 rings (SSSR count). The zero-order valence-electron chi connectivity index (χ0n) is 8.12. The number of nitrogens with zero attached hydrogens (tertiary/aromatic N) is 2. The number of rotatable bonds is 2. The molecule has 6 heteroatoms. The van der Waals surface area contributed by atoms with E-state index in [1.807, 2.05) is 0 Å². The van der Waals surface area contributed by atoms with Crippen LogP contribution in [0.15, 0.2) is 16.7 Å². The van der Waals surface area contributed by atoms with Gasteiger partial charge in [0.2, 0.25) is 5.88 Å². The SMILES string of the molecule is COc1ncc(Br)c2cc(C)n(SI)c12. The van der Waals surface area contributed by atoms with Gasteiger partial charge in [0.15, 0.2) is 0 Å². The Bertz CT molecular complexity index is 514. The van der Waals surface area contributed by atoms with Crippen molar-refractivity contribution < 1.29 is 4.74 Å². The Labute approximate surface area is 112 Å². The Morgan fingerprint density at radius 2 is 2.33 bits per heavy atom. The van der Waals surface area contributed by atoms with Gasteiger partial charge in [-0.3, -0.25) is 3.97 Å². The standard InChI is InChI=1S/C9H8BrIN2OS/c1-5-3-6-7(10)4-12-9(14-2)8(6)13(5)15-11/h3-4H,1-2H3.